The van der Waals surface area contributed by atoms with E-state index in [9.17, 15) is 19.2 Å². The summed E-state index contributed by atoms with van der Waals surface area (Å²) in [6, 6.07) is 12.2. The minimum atomic E-state index is -0.913. The van der Waals surface area contributed by atoms with Crippen molar-refractivity contribution in [3.63, 3.8) is 0 Å². The molecule has 0 aliphatic rings. The first-order chi connectivity index (χ1) is 16.3. The Labute approximate surface area is 196 Å². The third kappa shape index (κ3) is 5.22. The number of rotatable bonds is 7. The Morgan fingerprint density at radius 3 is 2.21 bits per heavy atom. The summed E-state index contributed by atoms with van der Waals surface area (Å²) < 4.78 is 6.27. The monoisotopic (exact) mass is 465 g/mol. The molecule has 34 heavy (non-hydrogen) atoms. The second-order valence-electron chi connectivity index (χ2n) is 7.88. The molecule has 0 unspecified atom stereocenters. The number of benzene rings is 2. The van der Waals surface area contributed by atoms with E-state index in [1.165, 1.54) is 11.8 Å². The summed E-state index contributed by atoms with van der Waals surface area (Å²) in [4.78, 5) is 50.7. The number of amides is 3. The van der Waals surface area contributed by atoms with E-state index in [-0.39, 0.29) is 23.7 Å². The zero-order chi connectivity index (χ0) is 24.8. The van der Waals surface area contributed by atoms with Gasteiger partial charge in [0.05, 0.1) is 12.5 Å². The van der Waals surface area contributed by atoms with E-state index in [1.54, 1.807) is 69.3 Å². The number of hydrogen-bond acceptors (Lipinski definition) is 6. The van der Waals surface area contributed by atoms with Crippen molar-refractivity contribution in [3.05, 3.63) is 70.1 Å². The van der Waals surface area contributed by atoms with Gasteiger partial charge in [-0.15, -0.1) is 0 Å². The average molecular weight is 466 g/mol. The molecule has 0 radical (unpaired) electrons. The van der Waals surface area contributed by atoms with Crippen molar-refractivity contribution in [1.29, 1.82) is 0 Å². The summed E-state index contributed by atoms with van der Waals surface area (Å²) in [5.41, 5.74) is 4.75. The van der Waals surface area contributed by atoms with Crippen LogP contribution in [0.4, 0.5) is 0 Å². The van der Waals surface area contributed by atoms with Crippen LogP contribution in [0.25, 0.3) is 10.8 Å². The molecular formula is C24H27N5O5. The molecule has 0 saturated carbocycles. The zero-order valence-corrected chi connectivity index (χ0v) is 19.4. The number of aryl methyl sites for hydroxylation is 1. The predicted molar refractivity (Wildman–Crippen MR) is 126 cm³/mol. The summed E-state index contributed by atoms with van der Waals surface area (Å²) in [5.74, 6) is -1.38. The van der Waals surface area contributed by atoms with Gasteiger partial charge < -0.3 is 10.1 Å². The van der Waals surface area contributed by atoms with Gasteiger partial charge in [-0.05, 0) is 43.2 Å². The molecule has 10 heteroatoms. The molecule has 0 bridgehead atoms. The molecule has 10 nitrogen and oxygen atoms in total. The molecule has 1 heterocycles. The highest BCUT2D eigenvalue weighted by atomic mass is 16.5. The van der Waals surface area contributed by atoms with E-state index >= 15 is 0 Å². The van der Waals surface area contributed by atoms with Gasteiger partial charge in [0.25, 0.3) is 23.3 Å². The lowest BCUT2D eigenvalue weighted by Gasteiger charge is -2.22. The maximum atomic E-state index is 12.8. The fourth-order valence-corrected chi connectivity index (χ4v) is 3.37. The normalized spacial score (nSPS) is 11.7. The van der Waals surface area contributed by atoms with Gasteiger partial charge in [0.2, 0.25) is 0 Å². The fourth-order valence-electron chi connectivity index (χ4n) is 3.37. The standard InChI is InChI=1S/C24H27N5O5/c1-5-29-24(33)18-9-7-6-8-17(18)20(28-29)23(32)27-26-22(31)19(14(2)3)25-21(30)15-10-12-16(34-4)13-11-15/h6-14,19H,5H2,1-4H3,(H,25,30)(H,26,31)(H,27,32)/t19-/m1/s1. The van der Waals surface area contributed by atoms with Crippen LogP contribution >= 0.6 is 0 Å². The summed E-state index contributed by atoms with van der Waals surface area (Å²) in [7, 11) is 1.53. The maximum Gasteiger partial charge on any atom is 0.290 e. The Morgan fingerprint density at radius 1 is 0.971 bits per heavy atom. The molecule has 178 valence electrons. The lowest BCUT2D eigenvalue weighted by Crippen LogP contribution is -2.54. The van der Waals surface area contributed by atoms with Gasteiger partial charge in [-0.3, -0.25) is 30.0 Å². The van der Waals surface area contributed by atoms with Crippen LogP contribution in [0.2, 0.25) is 0 Å². The van der Waals surface area contributed by atoms with E-state index < -0.39 is 23.8 Å². The van der Waals surface area contributed by atoms with Crippen molar-refractivity contribution in [1.82, 2.24) is 25.9 Å². The lowest BCUT2D eigenvalue weighted by atomic mass is 10.0. The minimum absolute atomic E-state index is 0.000662. The highest BCUT2D eigenvalue weighted by Gasteiger charge is 2.26. The molecule has 1 aromatic heterocycles. The van der Waals surface area contributed by atoms with Crippen molar-refractivity contribution in [3.8, 4) is 5.75 Å². The molecule has 3 amide bonds. The van der Waals surface area contributed by atoms with Gasteiger partial charge in [0.15, 0.2) is 5.69 Å². The Morgan fingerprint density at radius 2 is 1.62 bits per heavy atom. The van der Waals surface area contributed by atoms with Gasteiger partial charge in [-0.1, -0.05) is 32.0 Å². The van der Waals surface area contributed by atoms with Crippen molar-refractivity contribution >= 4 is 28.5 Å². The lowest BCUT2D eigenvalue weighted by molar-refractivity contribution is -0.124. The molecule has 1 atom stereocenters. The van der Waals surface area contributed by atoms with Crippen LogP contribution in [-0.4, -0.2) is 40.7 Å². The summed E-state index contributed by atoms with van der Waals surface area (Å²) >= 11 is 0. The number of carbonyl (C=O) groups is 3. The van der Waals surface area contributed by atoms with E-state index in [0.29, 0.717) is 22.1 Å². The maximum absolute atomic E-state index is 12.8. The van der Waals surface area contributed by atoms with Crippen molar-refractivity contribution in [2.75, 3.05) is 7.11 Å². The van der Waals surface area contributed by atoms with Crippen LogP contribution in [0.3, 0.4) is 0 Å². The molecule has 2 aromatic carbocycles. The summed E-state index contributed by atoms with van der Waals surface area (Å²) in [6.45, 7) is 5.56. The predicted octanol–water partition coefficient (Wildman–Crippen LogP) is 1.64. The Bertz CT molecular complexity index is 1270. The van der Waals surface area contributed by atoms with Crippen LogP contribution in [0.15, 0.2) is 53.3 Å². The largest absolute Gasteiger partial charge is 0.497 e. The number of fused-ring (bicyclic) bond motifs is 1. The third-order valence-electron chi connectivity index (χ3n) is 5.27. The highest BCUT2D eigenvalue weighted by Crippen LogP contribution is 2.14. The van der Waals surface area contributed by atoms with Gasteiger partial charge in [0, 0.05) is 17.5 Å². The van der Waals surface area contributed by atoms with Gasteiger partial charge >= 0.3 is 0 Å². The first-order valence-electron chi connectivity index (χ1n) is 10.8. The molecule has 0 saturated heterocycles. The zero-order valence-electron chi connectivity index (χ0n) is 19.4. The van der Waals surface area contributed by atoms with Gasteiger partial charge in [0.1, 0.15) is 11.8 Å². The quantitative estimate of drug-likeness (QED) is 0.455. The molecule has 3 aromatic rings. The van der Waals surface area contributed by atoms with E-state index in [0.717, 1.165) is 0 Å². The van der Waals surface area contributed by atoms with Crippen molar-refractivity contribution in [2.45, 2.75) is 33.4 Å². The van der Waals surface area contributed by atoms with Crippen LogP contribution in [-0.2, 0) is 11.3 Å². The number of aromatic nitrogens is 2. The topological polar surface area (TPSA) is 131 Å². The number of ether oxygens (including phenoxy) is 1. The van der Waals surface area contributed by atoms with Crippen LogP contribution in [0.5, 0.6) is 5.75 Å². The fraction of sp³-hybridized carbons (Fsp3) is 0.292. The van der Waals surface area contributed by atoms with Crippen LogP contribution < -0.4 is 26.5 Å². The van der Waals surface area contributed by atoms with Crippen molar-refractivity contribution in [2.24, 2.45) is 5.92 Å². The van der Waals surface area contributed by atoms with E-state index in [1.807, 2.05) is 0 Å². The number of hydrazine groups is 1. The molecule has 0 aliphatic carbocycles. The summed E-state index contributed by atoms with van der Waals surface area (Å²) in [5, 5.41) is 7.55. The first kappa shape index (κ1) is 24.4. The molecule has 3 rings (SSSR count). The van der Waals surface area contributed by atoms with Crippen molar-refractivity contribution < 1.29 is 19.1 Å². The molecule has 0 spiro atoms. The SMILES string of the molecule is CCn1nc(C(=O)NNC(=O)[C@H](NC(=O)c2ccc(OC)cc2)C(C)C)c2ccccc2c1=O. The minimum Gasteiger partial charge on any atom is -0.497 e. The molecule has 0 fully saturated rings. The third-order valence-corrected chi connectivity index (χ3v) is 5.27. The van der Waals surface area contributed by atoms with Crippen LogP contribution in [0, 0.1) is 5.92 Å². The first-order valence-corrected chi connectivity index (χ1v) is 10.8. The summed E-state index contributed by atoms with van der Waals surface area (Å²) in [6.07, 6.45) is 0. The van der Waals surface area contributed by atoms with Gasteiger partial charge in [-0.2, -0.15) is 5.10 Å². The number of carbonyl (C=O) groups excluding carboxylic acids is 3. The average Bonchev–Trinajstić information content (AvgIpc) is 2.85. The number of methoxy groups -OCH3 is 1. The molecule has 3 N–H and O–H groups in total. The number of nitrogens with one attached hydrogen (secondary N) is 3. The Kier molecular flexibility index (Phi) is 7.62. The van der Waals surface area contributed by atoms with E-state index in [4.69, 9.17) is 4.74 Å². The second kappa shape index (κ2) is 10.6. The number of nitrogens with zero attached hydrogens (tertiary/aromatic N) is 2. The smallest absolute Gasteiger partial charge is 0.290 e. The Hall–Kier alpha value is -4.21. The number of hydrogen-bond donors (Lipinski definition) is 3. The second-order valence-corrected chi connectivity index (χ2v) is 7.88. The highest BCUT2D eigenvalue weighted by molar-refractivity contribution is 6.05. The molecular weight excluding hydrogens is 438 g/mol. The Balaban J connectivity index is 1.74. The van der Waals surface area contributed by atoms with Gasteiger partial charge in [-0.25, -0.2) is 4.68 Å². The molecule has 0 aliphatic heterocycles. The van der Waals surface area contributed by atoms with Crippen LogP contribution in [0.1, 0.15) is 41.6 Å². The van der Waals surface area contributed by atoms with E-state index in [2.05, 4.69) is 21.3 Å².